The van der Waals surface area contributed by atoms with Crippen molar-refractivity contribution >= 4 is 28.8 Å². The van der Waals surface area contributed by atoms with E-state index in [2.05, 4.69) is 22.0 Å². The molecule has 0 atom stereocenters. The highest BCUT2D eigenvalue weighted by atomic mass is 35.5. The molecule has 0 bridgehead atoms. The van der Waals surface area contributed by atoms with Gasteiger partial charge >= 0.3 is 0 Å². The lowest BCUT2D eigenvalue weighted by Crippen LogP contribution is -2.06. The van der Waals surface area contributed by atoms with Crippen LogP contribution in [0.2, 0.25) is 10.0 Å². The highest BCUT2D eigenvalue weighted by Gasteiger charge is 2.12. The number of dihydropyridines is 1. The summed E-state index contributed by atoms with van der Waals surface area (Å²) < 4.78 is 5.26. The molecular formula is C15H11Cl2N3O. The van der Waals surface area contributed by atoms with Gasteiger partial charge in [-0.3, -0.25) is 0 Å². The maximum absolute atomic E-state index is 5.99. The van der Waals surface area contributed by atoms with E-state index in [1.807, 2.05) is 18.2 Å². The first-order chi connectivity index (χ1) is 10.1. The van der Waals surface area contributed by atoms with E-state index >= 15 is 0 Å². The number of rotatable bonds is 3. The number of benzene rings is 1. The van der Waals surface area contributed by atoms with Crippen LogP contribution < -0.4 is 5.32 Å². The molecule has 4 nitrogen and oxygen atoms in total. The first-order valence-corrected chi connectivity index (χ1v) is 6.98. The van der Waals surface area contributed by atoms with Gasteiger partial charge in [0.2, 0.25) is 11.7 Å². The first-order valence-electron chi connectivity index (χ1n) is 6.22. The SMILES string of the molecule is C=C1C=CC(c2noc(Cc3ccc(Cl)c(Cl)c3)n2)=CN1. The molecule has 21 heavy (non-hydrogen) atoms. The third-order valence-electron chi connectivity index (χ3n) is 2.94. The Kier molecular flexibility index (Phi) is 3.82. The topological polar surface area (TPSA) is 51.0 Å². The maximum Gasteiger partial charge on any atom is 0.231 e. The van der Waals surface area contributed by atoms with Gasteiger partial charge in [-0.1, -0.05) is 41.0 Å². The summed E-state index contributed by atoms with van der Waals surface area (Å²) in [6.45, 7) is 3.79. The molecule has 0 radical (unpaired) electrons. The summed E-state index contributed by atoms with van der Waals surface area (Å²) in [7, 11) is 0. The minimum Gasteiger partial charge on any atom is -0.361 e. The van der Waals surface area contributed by atoms with Crippen molar-refractivity contribution in [3.05, 3.63) is 76.2 Å². The Balaban J connectivity index is 1.77. The van der Waals surface area contributed by atoms with Gasteiger partial charge in [0.05, 0.1) is 16.5 Å². The Labute approximate surface area is 131 Å². The molecular weight excluding hydrogens is 309 g/mol. The van der Waals surface area contributed by atoms with Crippen LogP contribution in [0, 0.1) is 0 Å². The molecule has 1 aromatic heterocycles. The summed E-state index contributed by atoms with van der Waals surface area (Å²) in [5, 5.41) is 8.01. The molecule has 1 aliphatic rings. The molecule has 0 aliphatic carbocycles. The number of hydrogen-bond acceptors (Lipinski definition) is 4. The van der Waals surface area contributed by atoms with Crippen LogP contribution in [0.4, 0.5) is 0 Å². The van der Waals surface area contributed by atoms with Crippen molar-refractivity contribution in [2.45, 2.75) is 6.42 Å². The third kappa shape index (κ3) is 3.17. The lowest BCUT2D eigenvalue weighted by Gasteiger charge is -2.06. The number of allylic oxidation sites excluding steroid dienone is 3. The molecule has 1 N–H and O–H groups in total. The summed E-state index contributed by atoms with van der Waals surface area (Å²) in [5.74, 6) is 1.04. The first kappa shape index (κ1) is 13.9. The second-order valence-corrected chi connectivity index (χ2v) is 5.35. The molecule has 106 valence electrons. The summed E-state index contributed by atoms with van der Waals surface area (Å²) in [6.07, 6.45) is 6.02. The zero-order chi connectivity index (χ0) is 14.8. The standard InChI is InChI=1S/C15H11Cl2N3O/c1-9-2-4-11(8-18-9)15-19-14(21-20-15)7-10-3-5-12(16)13(17)6-10/h2-6,8,18H,1,7H2. The van der Waals surface area contributed by atoms with Crippen LogP contribution in [-0.4, -0.2) is 10.1 Å². The van der Waals surface area contributed by atoms with E-state index in [9.17, 15) is 0 Å². The van der Waals surface area contributed by atoms with Crippen LogP contribution in [-0.2, 0) is 6.42 Å². The van der Waals surface area contributed by atoms with E-state index in [-0.39, 0.29) is 0 Å². The smallest absolute Gasteiger partial charge is 0.231 e. The molecule has 0 amide bonds. The fourth-order valence-electron chi connectivity index (χ4n) is 1.86. The van der Waals surface area contributed by atoms with Crippen LogP contribution in [0.5, 0.6) is 0 Å². The zero-order valence-corrected chi connectivity index (χ0v) is 12.4. The zero-order valence-electron chi connectivity index (χ0n) is 10.9. The minimum absolute atomic E-state index is 0.501. The quantitative estimate of drug-likeness (QED) is 0.929. The molecule has 0 spiro atoms. The Hall–Kier alpha value is -2.04. The van der Waals surface area contributed by atoms with Gasteiger partial charge in [-0.2, -0.15) is 4.98 Å². The number of aromatic nitrogens is 2. The highest BCUT2D eigenvalue weighted by Crippen LogP contribution is 2.24. The van der Waals surface area contributed by atoms with E-state index in [0.717, 1.165) is 16.8 Å². The number of nitrogens with one attached hydrogen (secondary N) is 1. The van der Waals surface area contributed by atoms with E-state index < -0.39 is 0 Å². The second-order valence-electron chi connectivity index (χ2n) is 4.54. The van der Waals surface area contributed by atoms with Crippen molar-refractivity contribution in [2.75, 3.05) is 0 Å². The second kappa shape index (κ2) is 5.76. The summed E-state index contributed by atoms with van der Waals surface area (Å²) in [5.41, 5.74) is 2.61. The van der Waals surface area contributed by atoms with Crippen LogP contribution in [0.25, 0.3) is 5.57 Å². The molecule has 6 heteroatoms. The lowest BCUT2D eigenvalue weighted by molar-refractivity contribution is 0.383. The monoisotopic (exact) mass is 319 g/mol. The Morgan fingerprint density at radius 1 is 1.19 bits per heavy atom. The van der Waals surface area contributed by atoms with E-state index in [1.165, 1.54) is 0 Å². The van der Waals surface area contributed by atoms with E-state index in [1.54, 1.807) is 18.3 Å². The minimum atomic E-state index is 0.501. The maximum atomic E-state index is 5.99. The average molecular weight is 320 g/mol. The molecule has 0 saturated heterocycles. The molecule has 0 unspecified atom stereocenters. The Bertz CT molecular complexity index is 762. The van der Waals surface area contributed by atoms with Gasteiger partial charge in [0.15, 0.2) is 0 Å². The largest absolute Gasteiger partial charge is 0.361 e. The van der Waals surface area contributed by atoms with Gasteiger partial charge in [0.1, 0.15) is 0 Å². The van der Waals surface area contributed by atoms with Gasteiger partial charge in [-0.15, -0.1) is 0 Å². The van der Waals surface area contributed by atoms with E-state index in [4.69, 9.17) is 27.7 Å². The van der Waals surface area contributed by atoms with Gasteiger partial charge in [-0.05, 0) is 29.8 Å². The molecule has 0 fully saturated rings. The number of halogens is 2. The average Bonchev–Trinajstić information content (AvgIpc) is 2.92. The molecule has 3 rings (SSSR count). The van der Waals surface area contributed by atoms with Crippen molar-refractivity contribution < 1.29 is 4.52 Å². The number of nitrogens with zero attached hydrogens (tertiary/aromatic N) is 2. The van der Waals surface area contributed by atoms with Crippen molar-refractivity contribution in [3.63, 3.8) is 0 Å². The highest BCUT2D eigenvalue weighted by molar-refractivity contribution is 6.42. The van der Waals surface area contributed by atoms with Crippen molar-refractivity contribution in [1.29, 1.82) is 0 Å². The lowest BCUT2D eigenvalue weighted by atomic mass is 10.1. The summed E-state index contributed by atoms with van der Waals surface area (Å²) in [4.78, 5) is 4.36. The van der Waals surface area contributed by atoms with Gasteiger partial charge < -0.3 is 9.84 Å². The molecule has 1 aromatic carbocycles. The van der Waals surface area contributed by atoms with Crippen molar-refractivity contribution in [3.8, 4) is 0 Å². The van der Waals surface area contributed by atoms with Crippen LogP contribution in [0.1, 0.15) is 17.3 Å². The van der Waals surface area contributed by atoms with Crippen molar-refractivity contribution in [2.24, 2.45) is 0 Å². The van der Waals surface area contributed by atoms with Crippen LogP contribution in [0.3, 0.4) is 0 Å². The summed E-state index contributed by atoms with van der Waals surface area (Å²) >= 11 is 11.9. The Morgan fingerprint density at radius 2 is 2.05 bits per heavy atom. The third-order valence-corrected chi connectivity index (χ3v) is 3.68. The predicted octanol–water partition coefficient (Wildman–Crippen LogP) is 3.98. The molecule has 2 aromatic rings. The normalized spacial score (nSPS) is 14.0. The van der Waals surface area contributed by atoms with E-state index in [0.29, 0.717) is 28.2 Å². The fourth-order valence-corrected chi connectivity index (χ4v) is 2.18. The molecule has 1 aliphatic heterocycles. The Morgan fingerprint density at radius 3 is 2.76 bits per heavy atom. The van der Waals surface area contributed by atoms with Crippen LogP contribution in [0.15, 0.2) is 53.4 Å². The van der Waals surface area contributed by atoms with Crippen molar-refractivity contribution in [1.82, 2.24) is 15.5 Å². The molecule has 0 saturated carbocycles. The fraction of sp³-hybridized carbons (Fsp3) is 0.0667. The van der Waals surface area contributed by atoms with Gasteiger partial charge in [0.25, 0.3) is 0 Å². The number of hydrogen-bond donors (Lipinski definition) is 1. The van der Waals surface area contributed by atoms with Crippen LogP contribution >= 0.6 is 23.2 Å². The van der Waals surface area contributed by atoms with Gasteiger partial charge in [0, 0.05) is 17.5 Å². The summed E-state index contributed by atoms with van der Waals surface area (Å²) in [6, 6.07) is 5.42. The predicted molar refractivity (Wildman–Crippen MR) is 83.0 cm³/mol. The molecule has 2 heterocycles. The van der Waals surface area contributed by atoms with Gasteiger partial charge in [-0.25, -0.2) is 0 Å².